The molecule has 1 aliphatic rings. The largest absolute Gasteiger partial charge is 0.344 e. The summed E-state index contributed by atoms with van der Waals surface area (Å²) in [6.07, 6.45) is 1.94. The van der Waals surface area contributed by atoms with Gasteiger partial charge in [0.2, 0.25) is 17.6 Å². The number of carbonyl (C=O) groups excluding carboxylic acids is 1. The molecule has 6 heteroatoms. The minimum absolute atomic E-state index is 0.0556. The van der Waals surface area contributed by atoms with Gasteiger partial charge in [0.15, 0.2) is 0 Å². The molecule has 0 unspecified atom stereocenters. The fourth-order valence-electron chi connectivity index (χ4n) is 1.89. The van der Waals surface area contributed by atoms with Gasteiger partial charge in [-0.3, -0.25) is 4.79 Å². The maximum Gasteiger partial charge on any atom is 0.249 e. The fourth-order valence-corrected chi connectivity index (χ4v) is 2.08. The number of nitrogens with one attached hydrogen (secondary N) is 1. The van der Waals surface area contributed by atoms with Crippen LogP contribution in [0.1, 0.15) is 31.7 Å². The van der Waals surface area contributed by atoms with Crippen LogP contribution in [0.3, 0.4) is 0 Å². The molecule has 1 fully saturated rings. The monoisotopic (exact) mass is 291 g/mol. The topological polar surface area (TPSA) is 68.0 Å². The van der Waals surface area contributed by atoms with E-state index in [-0.39, 0.29) is 17.9 Å². The number of hydrogen-bond donors (Lipinski definition) is 1. The van der Waals surface area contributed by atoms with E-state index in [0.29, 0.717) is 16.7 Å². The molecule has 1 atom stereocenters. The summed E-state index contributed by atoms with van der Waals surface area (Å²) in [7, 11) is 0. The number of amides is 1. The predicted molar refractivity (Wildman–Crippen MR) is 74.0 cm³/mol. The van der Waals surface area contributed by atoms with Crippen molar-refractivity contribution < 1.29 is 9.32 Å². The van der Waals surface area contributed by atoms with Crippen LogP contribution in [0.15, 0.2) is 28.8 Å². The number of nitrogens with zero attached hydrogens (tertiary/aromatic N) is 2. The van der Waals surface area contributed by atoms with Crippen molar-refractivity contribution in [3.8, 4) is 11.4 Å². The Kier molecular flexibility index (Phi) is 3.44. The van der Waals surface area contributed by atoms with E-state index < -0.39 is 0 Å². The smallest absolute Gasteiger partial charge is 0.249 e. The SMILES string of the molecule is C[C@@H](NC(=O)C1CC1)c1nc(-c2cccc(Cl)c2)no1. The molecule has 1 aliphatic carbocycles. The van der Waals surface area contributed by atoms with Gasteiger partial charge in [0.25, 0.3) is 0 Å². The predicted octanol–water partition coefficient (Wildman–Crippen LogP) is 2.98. The second-order valence-corrected chi connectivity index (χ2v) is 5.41. The molecular formula is C14H14ClN3O2. The highest BCUT2D eigenvalue weighted by atomic mass is 35.5. The summed E-state index contributed by atoms with van der Waals surface area (Å²) >= 11 is 5.93. The van der Waals surface area contributed by atoms with E-state index in [1.807, 2.05) is 19.1 Å². The molecule has 1 aromatic carbocycles. The first-order valence-corrected chi connectivity index (χ1v) is 6.91. The Morgan fingerprint density at radius 3 is 3.00 bits per heavy atom. The molecule has 1 heterocycles. The van der Waals surface area contributed by atoms with Crippen molar-refractivity contribution in [1.29, 1.82) is 0 Å². The molecule has 5 nitrogen and oxygen atoms in total. The number of carbonyl (C=O) groups is 1. The van der Waals surface area contributed by atoms with Gasteiger partial charge in [-0.05, 0) is 31.9 Å². The highest BCUT2D eigenvalue weighted by Crippen LogP contribution is 2.30. The summed E-state index contributed by atoms with van der Waals surface area (Å²) in [4.78, 5) is 16.0. The van der Waals surface area contributed by atoms with Crippen LogP contribution in [-0.2, 0) is 4.79 Å². The molecule has 1 aromatic heterocycles. The number of benzene rings is 1. The molecule has 3 rings (SSSR count). The number of rotatable bonds is 4. The van der Waals surface area contributed by atoms with Crippen molar-refractivity contribution in [3.63, 3.8) is 0 Å². The van der Waals surface area contributed by atoms with E-state index >= 15 is 0 Å². The Bertz CT molecular complexity index is 637. The summed E-state index contributed by atoms with van der Waals surface area (Å²) in [6, 6.07) is 6.94. The van der Waals surface area contributed by atoms with E-state index in [1.54, 1.807) is 12.1 Å². The lowest BCUT2D eigenvalue weighted by Crippen LogP contribution is -2.28. The molecule has 1 amide bonds. The molecule has 1 N–H and O–H groups in total. The zero-order valence-electron chi connectivity index (χ0n) is 11.0. The van der Waals surface area contributed by atoms with Crippen LogP contribution in [0.25, 0.3) is 11.4 Å². The normalized spacial score (nSPS) is 15.9. The Labute approximate surface area is 121 Å². The molecule has 0 spiro atoms. The third-order valence-corrected chi connectivity index (χ3v) is 3.44. The zero-order valence-corrected chi connectivity index (χ0v) is 11.7. The third-order valence-electron chi connectivity index (χ3n) is 3.20. The zero-order chi connectivity index (χ0) is 14.1. The van der Waals surface area contributed by atoms with E-state index in [2.05, 4.69) is 15.5 Å². The Morgan fingerprint density at radius 1 is 1.50 bits per heavy atom. The minimum atomic E-state index is -0.288. The molecule has 0 radical (unpaired) electrons. The van der Waals surface area contributed by atoms with Crippen LogP contribution in [0, 0.1) is 5.92 Å². The van der Waals surface area contributed by atoms with Crippen molar-refractivity contribution in [3.05, 3.63) is 35.2 Å². The molecule has 0 saturated heterocycles. The van der Waals surface area contributed by atoms with E-state index in [4.69, 9.17) is 16.1 Å². The number of aromatic nitrogens is 2. The van der Waals surface area contributed by atoms with E-state index in [1.165, 1.54) is 0 Å². The lowest BCUT2D eigenvalue weighted by molar-refractivity contribution is -0.123. The molecular weight excluding hydrogens is 278 g/mol. The maximum atomic E-state index is 11.7. The minimum Gasteiger partial charge on any atom is -0.344 e. The Hall–Kier alpha value is -1.88. The van der Waals surface area contributed by atoms with Crippen molar-refractivity contribution in [2.75, 3.05) is 0 Å². The van der Waals surface area contributed by atoms with Gasteiger partial charge in [0, 0.05) is 16.5 Å². The van der Waals surface area contributed by atoms with Crippen molar-refractivity contribution in [2.45, 2.75) is 25.8 Å². The summed E-state index contributed by atoms with van der Waals surface area (Å²) in [5.41, 5.74) is 0.785. The summed E-state index contributed by atoms with van der Waals surface area (Å²) in [5.74, 6) is 1.08. The molecule has 2 aromatic rings. The van der Waals surface area contributed by atoms with E-state index in [0.717, 1.165) is 18.4 Å². The lowest BCUT2D eigenvalue weighted by Gasteiger charge is -2.08. The highest BCUT2D eigenvalue weighted by Gasteiger charge is 2.31. The Balaban J connectivity index is 1.74. The van der Waals surface area contributed by atoms with Gasteiger partial charge in [-0.15, -0.1) is 0 Å². The maximum absolute atomic E-state index is 11.7. The first-order valence-electron chi connectivity index (χ1n) is 6.53. The van der Waals surface area contributed by atoms with Crippen LogP contribution in [0.4, 0.5) is 0 Å². The third kappa shape index (κ3) is 2.82. The van der Waals surface area contributed by atoms with Gasteiger partial charge >= 0.3 is 0 Å². The van der Waals surface area contributed by atoms with Gasteiger partial charge in [0.05, 0.1) is 0 Å². The van der Waals surface area contributed by atoms with Gasteiger partial charge in [-0.25, -0.2) is 0 Å². The van der Waals surface area contributed by atoms with Crippen LogP contribution < -0.4 is 5.32 Å². The number of hydrogen-bond acceptors (Lipinski definition) is 4. The molecule has 20 heavy (non-hydrogen) atoms. The first-order chi connectivity index (χ1) is 9.63. The quantitative estimate of drug-likeness (QED) is 0.940. The lowest BCUT2D eigenvalue weighted by atomic mass is 10.2. The molecule has 104 valence electrons. The average molecular weight is 292 g/mol. The van der Waals surface area contributed by atoms with Gasteiger partial charge in [-0.1, -0.05) is 28.9 Å². The van der Waals surface area contributed by atoms with Crippen LogP contribution in [0.2, 0.25) is 5.02 Å². The molecule has 0 bridgehead atoms. The van der Waals surface area contributed by atoms with Crippen LogP contribution >= 0.6 is 11.6 Å². The standard InChI is InChI=1S/C14H14ClN3O2/c1-8(16-13(19)9-5-6-9)14-17-12(18-20-14)10-3-2-4-11(15)7-10/h2-4,7-9H,5-6H2,1H3,(H,16,19)/t8-/m1/s1. The second-order valence-electron chi connectivity index (χ2n) is 4.97. The van der Waals surface area contributed by atoms with Crippen LogP contribution in [-0.4, -0.2) is 16.0 Å². The highest BCUT2D eigenvalue weighted by molar-refractivity contribution is 6.30. The number of halogens is 1. The first kappa shape index (κ1) is 13.1. The summed E-state index contributed by atoms with van der Waals surface area (Å²) in [5, 5.41) is 7.41. The van der Waals surface area contributed by atoms with E-state index in [9.17, 15) is 4.79 Å². The summed E-state index contributed by atoms with van der Waals surface area (Å²) < 4.78 is 5.20. The fraction of sp³-hybridized carbons (Fsp3) is 0.357. The molecule has 0 aliphatic heterocycles. The van der Waals surface area contributed by atoms with Crippen molar-refractivity contribution >= 4 is 17.5 Å². The van der Waals surface area contributed by atoms with Crippen LogP contribution in [0.5, 0.6) is 0 Å². The Morgan fingerprint density at radius 2 is 2.30 bits per heavy atom. The van der Waals surface area contributed by atoms with Crippen molar-refractivity contribution in [1.82, 2.24) is 15.5 Å². The second kappa shape index (κ2) is 5.25. The molecule has 1 saturated carbocycles. The summed E-state index contributed by atoms with van der Waals surface area (Å²) in [6.45, 7) is 1.83. The van der Waals surface area contributed by atoms with Gasteiger partial charge < -0.3 is 9.84 Å². The van der Waals surface area contributed by atoms with Gasteiger partial charge in [0.1, 0.15) is 6.04 Å². The van der Waals surface area contributed by atoms with Gasteiger partial charge in [-0.2, -0.15) is 4.98 Å². The average Bonchev–Trinajstić information content (AvgIpc) is 3.16. The van der Waals surface area contributed by atoms with Crippen molar-refractivity contribution in [2.24, 2.45) is 5.92 Å².